The minimum Gasteiger partial charge on any atom is -0.444 e. The van der Waals surface area contributed by atoms with Crippen LogP contribution in [0.25, 0.3) is 0 Å². The van der Waals surface area contributed by atoms with Crippen molar-refractivity contribution < 1.29 is 31.1 Å². The number of hydrogen-bond acceptors (Lipinski definition) is 10. The van der Waals surface area contributed by atoms with Crippen LogP contribution in [0.5, 0.6) is 0 Å². The Bertz CT molecular complexity index is 951. The van der Waals surface area contributed by atoms with Gasteiger partial charge in [-0.3, -0.25) is 10.6 Å². The van der Waals surface area contributed by atoms with Crippen LogP contribution in [0.2, 0.25) is 0 Å². The molecule has 194 valence electrons. The van der Waals surface area contributed by atoms with Gasteiger partial charge in [0.15, 0.2) is 10.3 Å². The van der Waals surface area contributed by atoms with Gasteiger partial charge in [0.2, 0.25) is 9.23 Å². The predicted molar refractivity (Wildman–Crippen MR) is 139 cm³/mol. The molecule has 0 unspecified atom stereocenters. The molecule has 0 atom stereocenters. The predicted octanol–water partition coefficient (Wildman–Crippen LogP) is 6.25. The zero-order chi connectivity index (χ0) is 28.3. The fourth-order valence-electron chi connectivity index (χ4n) is 1.56. The van der Waals surface area contributed by atoms with Crippen molar-refractivity contribution in [3.63, 3.8) is 0 Å². The molecule has 0 aliphatic rings. The van der Waals surface area contributed by atoms with Gasteiger partial charge < -0.3 is 14.6 Å². The molecule has 10 nitrogen and oxygen atoms in total. The number of ether oxygens (including phenoxy) is 2. The van der Waals surface area contributed by atoms with Gasteiger partial charge >= 0.3 is 12.2 Å². The first-order valence-corrected chi connectivity index (χ1v) is 14.2. The summed E-state index contributed by atoms with van der Waals surface area (Å²) >= 11 is 7.82. The molecule has 0 aliphatic carbocycles. The van der Waals surface area contributed by atoms with Crippen molar-refractivity contribution in [1.82, 2.24) is 9.97 Å². The summed E-state index contributed by atoms with van der Waals surface area (Å²) in [5.74, 6) is 0.215. The number of carbonyl (C=O) groups is 2. The fourth-order valence-corrected chi connectivity index (χ4v) is 3.01. The highest BCUT2D eigenvalue weighted by molar-refractivity contribution is 8.26. The van der Waals surface area contributed by atoms with Crippen molar-refractivity contribution in [1.29, 1.82) is 0 Å². The van der Waals surface area contributed by atoms with Gasteiger partial charge in [-0.05, 0) is 41.5 Å². The van der Waals surface area contributed by atoms with E-state index in [2.05, 4.69) is 42.0 Å². The van der Waals surface area contributed by atoms with E-state index in [0.29, 0.717) is 14.9 Å². The molecule has 34 heavy (non-hydrogen) atoms. The molecule has 0 aliphatic heterocycles. The van der Waals surface area contributed by atoms with Gasteiger partial charge in [-0.15, -0.1) is 22.9 Å². The third-order valence-electron chi connectivity index (χ3n) is 2.48. The lowest BCUT2D eigenvalue weighted by Crippen LogP contribution is -2.27. The SMILES string of the molecule is O=S(Cl)Cl.[2H]c1nc(NC(=O)OC(C)(C)C)sc1CCl.[2H]c1nc(NC(=O)OC(C)(C)C)sc1CO. The molecule has 2 aromatic rings. The van der Waals surface area contributed by atoms with Crippen LogP contribution in [0, 0.1) is 0 Å². The highest BCUT2D eigenvalue weighted by atomic mass is 36.0. The van der Waals surface area contributed by atoms with Crippen LogP contribution in [0.3, 0.4) is 0 Å². The molecule has 2 amide bonds. The Labute approximate surface area is 225 Å². The zero-order valence-corrected chi connectivity index (χ0v) is 23.9. The second kappa shape index (κ2) is 15.7. The maximum atomic E-state index is 11.4. The number of aliphatic hydroxyl groups excluding tert-OH is 1. The first-order chi connectivity index (χ1) is 16.4. The molecule has 0 bridgehead atoms. The summed E-state index contributed by atoms with van der Waals surface area (Å²) in [7, 11) is 7.36. The van der Waals surface area contributed by atoms with Crippen molar-refractivity contribution in [2.45, 2.75) is 65.2 Å². The Morgan fingerprint density at radius 2 is 1.35 bits per heavy atom. The molecule has 0 fully saturated rings. The first-order valence-electron chi connectivity index (χ1n) is 10.2. The van der Waals surface area contributed by atoms with Crippen molar-refractivity contribution >= 4 is 87.3 Å². The number of thiazole rings is 2. The van der Waals surface area contributed by atoms with Crippen LogP contribution >= 0.6 is 55.6 Å². The van der Waals surface area contributed by atoms with E-state index in [1.807, 2.05) is 0 Å². The summed E-state index contributed by atoms with van der Waals surface area (Å²) in [6.45, 7) is 10.3. The van der Waals surface area contributed by atoms with Crippen LogP contribution in [0.15, 0.2) is 12.3 Å². The van der Waals surface area contributed by atoms with Gasteiger partial charge in [-0.2, -0.15) is 0 Å². The molecule has 2 rings (SSSR count). The van der Waals surface area contributed by atoms with E-state index in [0.717, 1.165) is 11.3 Å². The smallest absolute Gasteiger partial charge is 0.413 e. The van der Waals surface area contributed by atoms with E-state index in [4.69, 9.17) is 33.1 Å². The summed E-state index contributed by atoms with van der Waals surface area (Å²) in [6, 6.07) is 0. The van der Waals surface area contributed by atoms with E-state index in [-0.39, 0.29) is 30.0 Å². The van der Waals surface area contributed by atoms with Crippen LogP contribution in [-0.2, 0) is 31.2 Å². The zero-order valence-electron chi connectivity index (χ0n) is 21.2. The monoisotopic (exact) mass is 598 g/mol. The molecule has 0 saturated heterocycles. The Balaban J connectivity index is 0.000000593. The van der Waals surface area contributed by atoms with Gasteiger partial charge in [0.25, 0.3) is 0 Å². The average Bonchev–Trinajstić information content (AvgIpc) is 3.19. The summed E-state index contributed by atoms with van der Waals surface area (Å²) < 4.78 is 34.0. The van der Waals surface area contributed by atoms with Crippen molar-refractivity contribution in [2.24, 2.45) is 0 Å². The molecule has 0 saturated carbocycles. The Morgan fingerprint density at radius 1 is 1.00 bits per heavy atom. The van der Waals surface area contributed by atoms with E-state index in [9.17, 15) is 9.59 Å². The maximum absolute atomic E-state index is 11.4. The summed E-state index contributed by atoms with van der Waals surface area (Å²) in [4.78, 5) is 31.4. The second-order valence-corrected chi connectivity index (χ2v) is 12.8. The lowest BCUT2D eigenvalue weighted by atomic mass is 10.2. The maximum Gasteiger partial charge on any atom is 0.413 e. The summed E-state index contributed by atoms with van der Waals surface area (Å²) in [6.07, 6.45) is -1.14. The molecule has 0 aromatic carbocycles. The molecule has 2 heterocycles. The van der Waals surface area contributed by atoms with Gasteiger partial charge in [0, 0.05) is 38.6 Å². The molecule has 0 spiro atoms. The molecule has 16 heteroatoms. The van der Waals surface area contributed by atoms with Crippen molar-refractivity contribution in [3.05, 3.63) is 22.1 Å². The fraction of sp³-hybridized carbons (Fsp3) is 0.556. The minimum atomic E-state index is -1.67. The van der Waals surface area contributed by atoms with E-state index in [1.54, 1.807) is 41.5 Å². The Kier molecular flexibility index (Phi) is 13.4. The minimum absolute atomic E-state index is 0.0291. The number of nitrogens with one attached hydrogen (secondary N) is 2. The second-order valence-electron chi connectivity index (χ2n) is 7.84. The highest BCUT2D eigenvalue weighted by Crippen LogP contribution is 2.20. The molecule has 2 aromatic heterocycles. The van der Waals surface area contributed by atoms with Gasteiger partial charge in [-0.25, -0.2) is 23.8 Å². The first kappa shape index (κ1) is 29.0. The number of nitrogens with zero attached hydrogens (tertiary/aromatic N) is 2. The Hall–Kier alpha value is -1.22. The van der Waals surface area contributed by atoms with Crippen LogP contribution in [0.4, 0.5) is 19.9 Å². The van der Waals surface area contributed by atoms with Crippen molar-refractivity contribution in [3.8, 4) is 0 Å². The number of halogens is 3. The molecular formula is C18H27Cl3N4O6S3. The van der Waals surface area contributed by atoms with Crippen LogP contribution < -0.4 is 10.6 Å². The average molecular weight is 600 g/mol. The number of hydrogen-bond donors (Lipinski definition) is 3. The van der Waals surface area contributed by atoms with E-state index in [1.165, 1.54) is 11.3 Å². The Morgan fingerprint density at radius 3 is 1.62 bits per heavy atom. The van der Waals surface area contributed by atoms with Gasteiger partial charge in [0.1, 0.15) is 11.2 Å². The number of rotatable bonds is 4. The van der Waals surface area contributed by atoms with Gasteiger partial charge in [0.05, 0.1) is 20.1 Å². The lowest BCUT2D eigenvalue weighted by molar-refractivity contribution is 0.0624. The number of carbonyl (C=O) groups excluding carboxylic acids is 2. The molecular weight excluding hydrogens is 571 g/mol. The number of aromatic nitrogens is 2. The topological polar surface area (TPSA) is 140 Å². The summed E-state index contributed by atoms with van der Waals surface area (Å²) in [5, 5.41) is 14.3. The third-order valence-corrected chi connectivity index (χ3v) is 4.63. The standard InChI is InChI=1S/C9H13ClN2O2S.C9H14N2O3S.Cl2OS/c1-9(2,3)14-8(13)12-7-11-5-6(4-10)15-7;1-9(2,3)14-8(13)11-7-10-4-6(5-12)15-7;1-4(2)3/h5H,4H2,1-3H3,(H,11,12,13);4,12H,5H2,1-3H3,(H,10,11,13);/i5D;4D;. The number of aliphatic hydroxyl groups is 1. The number of alkyl halides is 1. The summed E-state index contributed by atoms with van der Waals surface area (Å²) in [5.41, 5.74) is -1.13. The van der Waals surface area contributed by atoms with Crippen LogP contribution in [0.1, 0.15) is 54.0 Å². The largest absolute Gasteiger partial charge is 0.444 e. The highest BCUT2D eigenvalue weighted by Gasteiger charge is 2.18. The molecule has 0 radical (unpaired) electrons. The lowest BCUT2D eigenvalue weighted by Gasteiger charge is -2.18. The van der Waals surface area contributed by atoms with Crippen LogP contribution in [-0.4, -0.2) is 42.7 Å². The number of amides is 2. The number of anilines is 2. The quantitative estimate of drug-likeness (QED) is 0.277. The van der Waals surface area contributed by atoms with Gasteiger partial charge in [-0.1, -0.05) is 11.3 Å². The molecule has 3 N–H and O–H groups in total. The van der Waals surface area contributed by atoms with Crippen molar-refractivity contribution in [2.75, 3.05) is 10.6 Å². The normalized spacial score (nSPS) is 11.7. The third kappa shape index (κ3) is 18.2. The van der Waals surface area contributed by atoms with E-state index < -0.39 is 32.6 Å². The van der Waals surface area contributed by atoms with E-state index >= 15 is 0 Å².